The molecular weight excluding hydrogens is 264 g/mol. The van der Waals surface area contributed by atoms with Crippen LogP contribution >= 0.6 is 0 Å². The number of nitrogens with zero attached hydrogens (tertiary/aromatic N) is 2. The topological polar surface area (TPSA) is 84.9 Å². The first-order chi connectivity index (χ1) is 10.2. The summed E-state index contributed by atoms with van der Waals surface area (Å²) in [4.78, 5) is 11.1. The van der Waals surface area contributed by atoms with Gasteiger partial charge in [0.05, 0.1) is 16.7 Å². The van der Waals surface area contributed by atoms with Crippen molar-refractivity contribution in [2.24, 2.45) is 0 Å². The molecule has 0 saturated heterocycles. The summed E-state index contributed by atoms with van der Waals surface area (Å²) in [6.07, 6.45) is 0. The fourth-order valence-corrected chi connectivity index (χ4v) is 2.55. The summed E-state index contributed by atoms with van der Waals surface area (Å²) in [7, 11) is 0. The van der Waals surface area contributed by atoms with Crippen LogP contribution in [0, 0.1) is 22.7 Å². The molecule has 0 aliphatic heterocycles. The summed E-state index contributed by atoms with van der Waals surface area (Å²) in [5, 5.41) is 30.4. The quantitative estimate of drug-likeness (QED) is 0.687. The number of aromatic carboxylic acids is 1. The third-order valence-electron chi connectivity index (χ3n) is 3.49. The SMILES string of the molecule is N#Cc1c2ccccc2c(C#N)c2cc(C(=O)O)ccc12. The van der Waals surface area contributed by atoms with Crippen molar-refractivity contribution in [1.29, 1.82) is 10.5 Å². The fraction of sp³-hybridized carbons (Fsp3) is 0. The molecule has 0 fully saturated rings. The van der Waals surface area contributed by atoms with Crippen LogP contribution in [0.15, 0.2) is 42.5 Å². The highest BCUT2D eigenvalue weighted by molar-refractivity contribution is 6.10. The van der Waals surface area contributed by atoms with Crippen molar-refractivity contribution in [2.45, 2.75) is 0 Å². The minimum Gasteiger partial charge on any atom is -0.478 e. The Labute approximate surface area is 120 Å². The molecule has 3 aromatic rings. The van der Waals surface area contributed by atoms with E-state index in [-0.39, 0.29) is 5.56 Å². The zero-order chi connectivity index (χ0) is 15.0. The van der Waals surface area contributed by atoms with E-state index in [1.54, 1.807) is 24.3 Å². The lowest BCUT2D eigenvalue weighted by atomic mass is 9.92. The number of hydrogen-bond donors (Lipinski definition) is 1. The van der Waals surface area contributed by atoms with Gasteiger partial charge in [0.15, 0.2) is 0 Å². The van der Waals surface area contributed by atoms with Gasteiger partial charge in [0.25, 0.3) is 0 Å². The molecule has 0 unspecified atom stereocenters. The molecule has 0 bridgehead atoms. The van der Waals surface area contributed by atoms with E-state index in [0.29, 0.717) is 32.7 Å². The highest BCUT2D eigenvalue weighted by atomic mass is 16.4. The molecule has 0 atom stereocenters. The van der Waals surface area contributed by atoms with Crippen LogP contribution in [0.25, 0.3) is 21.5 Å². The fourth-order valence-electron chi connectivity index (χ4n) is 2.55. The standard InChI is InChI=1S/C17H8N2O2/c18-8-15-11-3-1-2-4-12(11)16(9-19)14-7-10(17(20)21)5-6-13(14)15/h1-7H,(H,20,21). The van der Waals surface area contributed by atoms with E-state index < -0.39 is 5.97 Å². The lowest BCUT2D eigenvalue weighted by molar-refractivity contribution is 0.0697. The van der Waals surface area contributed by atoms with Gasteiger partial charge < -0.3 is 5.11 Å². The van der Waals surface area contributed by atoms with Crippen LogP contribution in [-0.2, 0) is 0 Å². The van der Waals surface area contributed by atoms with E-state index in [9.17, 15) is 15.3 Å². The van der Waals surface area contributed by atoms with Gasteiger partial charge in [-0.1, -0.05) is 30.3 Å². The van der Waals surface area contributed by atoms with Gasteiger partial charge in [-0.3, -0.25) is 0 Å². The third-order valence-corrected chi connectivity index (χ3v) is 3.49. The molecular formula is C17H8N2O2. The smallest absolute Gasteiger partial charge is 0.335 e. The number of carboxylic acids is 1. The summed E-state index contributed by atoms with van der Waals surface area (Å²) in [5.41, 5.74) is 0.942. The van der Waals surface area contributed by atoms with Crippen LogP contribution in [0.4, 0.5) is 0 Å². The van der Waals surface area contributed by atoms with Crippen LogP contribution in [0.3, 0.4) is 0 Å². The van der Waals surface area contributed by atoms with E-state index in [1.807, 2.05) is 6.07 Å². The normalized spacial score (nSPS) is 10.2. The summed E-state index contributed by atoms with van der Waals surface area (Å²) < 4.78 is 0. The van der Waals surface area contributed by atoms with Crippen LogP contribution < -0.4 is 0 Å². The van der Waals surface area contributed by atoms with Gasteiger partial charge >= 0.3 is 5.97 Å². The van der Waals surface area contributed by atoms with Crippen molar-refractivity contribution in [3.63, 3.8) is 0 Å². The van der Waals surface area contributed by atoms with Gasteiger partial charge in [0.1, 0.15) is 12.1 Å². The number of nitriles is 2. The molecule has 0 saturated carbocycles. The van der Waals surface area contributed by atoms with Crippen LogP contribution in [0.5, 0.6) is 0 Å². The second kappa shape index (κ2) is 4.63. The summed E-state index contributed by atoms with van der Waals surface area (Å²) >= 11 is 0. The van der Waals surface area contributed by atoms with Crippen LogP contribution in [-0.4, -0.2) is 11.1 Å². The molecule has 4 heteroatoms. The maximum atomic E-state index is 11.1. The Morgan fingerprint density at radius 1 is 0.857 bits per heavy atom. The van der Waals surface area contributed by atoms with Crippen molar-refractivity contribution in [3.8, 4) is 12.1 Å². The maximum absolute atomic E-state index is 11.1. The summed E-state index contributed by atoms with van der Waals surface area (Å²) in [6.45, 7) is 0. The summed E-state index contributed by atoms with van der Waals surface area (Å²) in [6, 6.07) is 15.9. The molecule has 0 radical (unpaired) electrons. The van der Waals surface area contributed by atoms with Crippen molar-refractivity contribution >= 4 is 27.5 Å². The van der Waals surface area contributed by atoms with Crippen LogP contribution in [0.2, 0.25) is 0 Å². The molecule has 4 nitrogen and oxygen atoms in total. The van der Waals surface area contributed by atoms with E-state index in [1.165, 1.54) is 12.1 Å². The molecule has 0 amide bonds. The number of rotatable bonds is 1. The van der Waals surface area contributed by atoms with Crippen molar-refractivity contribution in [3.05, 3.63) is 59.2 Å². The minimum atomic E-state index is -1.06. The average molecular weight is 272 g/mol. The highest BCUT2D eigenvalue weighted by Crippen LogP contribution is 2.32. The molecule has 3 aromatic carbocycles. The molecule has 0 spiro atoms. The predicted octanol–water partition coefficient (Wildman–Crippen LogP) is 3.43. The predicted molar refractivity (Wildman–Crippen MR) is 77.8 cm³/mol. The number of fused-ring (bicyclic) bond motifs is 2. The van der Waals surface area contributed by atoms with Crippen molar-refractivity contribution in [1.82, 2.24) is 0 Å². The van der Waals surface area contributed by atoms with E-state index in [0.717, 1.165) is 0 Å². The minimum absolute atomic E-state index is 0.0955. The Morgan fingerprint density at radius 2 is 1.38 bits per heavy atom. The van der Waals surface area contributed by atoms with Crippen LogP contribution in [0.1, 0.15) is 21.5 Å². The van der Waals surface area contributed by atoms with Gasteiger partial charge in [0.2, 0.25) is 0 Å². The molecule has 98 valence electrons. The van der Waals surface area contributed by atoms with Crippen molar-refractivity contribution < 1.29 is 9.90 Å². The van der Waals surface area contributed by atoms with Gasteiger partial charge in [-0.2, -0.15) is 10.5 Å². The number of carbonyl (C=O) groups is 1. The Kier molecular flexibility index (Phi) is 2.79. The first-order valence-corrected chi connectivity index (χ1v) is 6.19. The Balaban J connectivity index is 2.62. The Morgan fingerprint density at radius 3 is 1.90 bits per heavy atom. The summed E-state index contributed by atoms with van der Waals surface area (Å²) in [5.74, 6) is -1.06. The van der Waals surface area contributed by atoms with Crippen molar-refractivity contribution in [2.75, 3.05) is 0 Å². The zero-order valence-electron chi connectivity index (χ0n) is 10.8. The van der Waals surface area contributed by atoms with Gasteiger partial charge in [-0.25, -0.2) is 4.79 Å². The first kappa shape index (κ1) is 12.7. The third kappa shape index (κ3) is 1.79. The molecule has 0 aliphatic rings. The monoisotopic (exact) mass is 272 g/mol. The van der Waals surface area contributed by atoms with E-state index in [4.69, 9.17) is 5.11 Å². The first-order valence-electron chi connectivity index (χ1n) is 6.19. The largest absolute Gasteiger partial charge is 0.478 e. The Bertz CT molecular complexity index is 991. The number of benzene rings is 3. The zero-order valence-corrected chi connectivity index (χ0v) is 10.8. The number of carboxylic acid groups (broad SMARTS) is 1. The number of hydrogen-bond acceptors (Lipinski definition) is 3. The van der Waals surface area contributed by atoms with E-state index >= 15 is 0 Å². The maximum Gasteiger partial charge on any atom is 0.335 e. The van der Waals surface area contributed by atoms with E-state index in [2.05, 4.69) is 12.1 Å². The molecule has 0 aromatic heterocycles. The van der Waals surface area contributed by atoms with Gasteiger partial charge in [0, 0.05) is 21.5 Å². The average Bonchev–Trinajstić information content (AvgIpc) is 2.51. The lowest BCUT2D eigenvalue weighted by Crippen LogP contribution is -1.97. The molecule has 1 N–H and O–H groups in total. The second-order valence-electron chi connectivity index (χ2n) is 4.58. The van der Waals surface area contributed by atoms with Gasteiger partial charge in [-0.15, -0.1) is 0 Å². The molecule has 21 heavy (non-hydrogen) atoms. The lowest BCUT2D eigenvalue weighted by Gasteiger charge is -2.09. The molecule has 0 heterocycles. The van der Waals surface area contributed by atoms with Gasteiger partial charge in [-0.05, 0) is 12.1 Å². The molecule has 3 rings (SSSR count). The molecule has 0 aliphatic carbocycles. The highest BCUT2D eigenvalue weighted by Gasteiger charge is 2.15. The second-order valence-corrected chi connectivity index (χ2v) is 4.58. The Hall–Kier alpha value is -3.37.